The summed E-state index contributed by atoms with van der Waals surface area (Å²) in [5, 5.41) is 7.60. The number of aryl methyl sites for hydroxylation is 1. The van der Waals surface area contributed by atoms with E-state index in [0.717, 1.165) is 30.5 Å². The predicted octanol–water partition coefficient (Wildman–Crippen LogP) is 1.44. The van der Waals surface area contributed by atoms with Gasteiger partial charge in [-0.15, -0.1) is 35.3 Å². The Hall–Kier alpha value is -0.450. The van der Waals surface area contributed by atoms with Crippen LogP contribution in [0.15, 0.2) is 11.2 Å². The minimum atomic E-state index is 0. The SMILES string of the molecule is CN=C(NCCOCCOC)NCCc1ncc(C)s1.I. The molecule has 0 spiro atoms. The van der Waals surface area contributed by atoms with E-state index in [0.29, 0.717) is 19.8 Å². The molecule has 0 saturated heterocycles. The van der Waals surface area contributed by atoms with Crippen LogP contribution in [0.25, 0.3) is 0 Å². The number of hydrogen-bond acceptors (Lipinski definition) is 5. The van der Waals surface area contributed by atoms with Crippen molar-refractivity contribution in [1.29, 1.82) is 0 Å². The van der Waals surface area contributed by atoms with Gasteiger partial charge in [0.15, 0.2) is 5.96 Å². The Labute approximate surface area is 147 Å². The van der Waals surface area contributed by atoms with Crippen LogP contribution in [-0.2, 0) is 15.9 Å². The summed E-state index contributed by atoms with van der Waals surface area (Å²) in [6, 6.07) is 0. The van der Waals surface area contributed by atoms with E-state index in [9.17, 15) is 0 Å². The molecule has 21 heavy (non-hydrogen) atoms. The molecule has 122 valence electrons. The number of aromatic nitrogens is 1. The number of aliphatic imine (C=N–C) groups is 1. The summed E-state index contributed by atoms with van der Waals surface area (Å²) < 4.78 is 10.3. The molecule has 0 aliphatic heterocycles. The molecule has 0 aliphatic carbocycles. The topological polar surface area (TPSA) is 67.8 Å². The van der Waals surface area contributed by atoms with Crippen LogP contribution in [0.1, 0.15) is 9.88 Å². The van der Waals surface area contributed by atoms with Crippen molar-refractivity contribution in [3.8, 4) is 0 Å². The Morgan fingerprint density at radius 3 is 2.67 bits per heavy atom. The maximum Gasteiger partial charge on any atom is 0.191 e. The van der Waals surface area contributed by atoms with Crippen molar-refractivity contribution in [2.75, 3.05) is 47.1 Å². The van der Waals surface area contributed by atoms with Crippen LogP contribution in [0, 0.1) is 6.92 Å². The second-order valence-corrected chi connectivity index (χ2v) is 5.46. The molecule has 6 nitrogen and oxygen atoms in total. The summed E-state index contributed by atoms with van der Waals surface area (Å²) >= 11 is 1.73. The van der Waals surface area contributed by atoms with Crippen molar-refractivity contribution in [3.05, 3.63) is 16.1 Å². The maximum absolute atomic E-state index is 5.37. The zero-order valence-electron chi connectivity index (χ0n) is 12.8. The van der Waals surface area contributed by atoms with Gasteiger partial charge >= 0.3 is 0 Å². The number of halogens is 1. The Morgan fingerprint density at radius 1 is 1.29 bits per heavy atom. The van der Waals surface area contributed by atoms with Crippen LogP contribution < -0.4 is 10.6 Å². The Kier molecular flexibility index (Phi) is 12.9. The Morgan fingerprint density at radius 2 is 2.05 bits per heavy atom. The fourth-order valence-corrected chi connectivity index (χ4v) is 2.30. The van der Waals surface area contributed by atoms with Crippen LogP contribution >= 0.6 is 35.3 Å². The van der Waals surface area contributed by atoms with Gasteiger partial charge in [0.25, 0.3) is 0 Å². The highest BCUT2D eigenvalue weighted by Crippen LogP contribution is 2.10. The van der Waals surface area contributed by atoms with Crippen molar-refractivity contribution < 1.29 is 9.47 Å². The Balaban J connectivity index is 0.00000400. The van der Waals surface area contributed by atoms with E-state index in [1.165, 1.54) is 4.88 Å². The molecular formula is C13H25IN4O2S. The molecule has 1 aromatic rings. The molecule has 0 aromatic carbocycles. The molecule has 0 aliphatic rings. The van der Waals surface area contributed by atoms with Crippen molar-refractivity contribution >= 4 is 41.3 Å². The lowest BCUT2D eigenvalue weighted by molar-refractivity contribution is 0.0733. The summed E-state index contributed by atoms with van der Waals surface area (Å²) in [5.74, 6) is 0.786. The molecular weight excluding hydrogens is 403 g/mol. The van der Waals surface area contributed by atoms with Crippen molar-refractivity contribution in [3.63, 3.8) is 0 Å². The number of nitrogens with one attached hydrogen (secondary N) is 2. The van der Waals surface area contributed by atoms with Gasteiger partial charge in [0.05, 0.1) is 24.8 Å². The second-order valence-electron chi connectivity index (χ2n) is 4.15. The first-order valence-corrected chi connectivity index (χ1v) is 7.50. The minimum absolute atomic E-state index is 0. The Bertz CT molecular complexity index is 401. The fourth-order valence-electron chi connectivity index (χ4n) is 1.51. The molecule has 0 fully saturated rings. The lowest BCUT2D eigenvalue weighted by atomic mass is 10.4. The van der Waals surface area contributed by atoms with E-state index in [1.54, 1.807) is 25.5 Å². The summed E-state index contributed by atoms with van der Waals surface area (Å²) in [6.45, 7) is 5.49. The number of guanidine groups is 1. The van der Waals surface area contributed by atoms with Gasteiger partial charge in [-0.05, 0) is 6.92 Å². The summed E-state index contributed by atoms with van der Waals surface area (Å²) in [7, 11) is 3.42. The van der Waals surface area contributed by atoms with Gasteiger partial charge in [-0.2, -0.15) is 0 Å². The van der Waals surface area contributed by atoms with E-state index in [-0.39, 0.29) is 24.0 Å². The first-order valence-electron chi connectivity index (χ1n) is 6.68. The van der Waals surface area contributed by atoms with Gasteiger partial charge in [-0.3, -0.25) is 4.99 Å². The zero-order valence-corrected chi connectivity index (χ0v) is 16.0. The quantitative estimate of drug-likeness (QED) is 0.270. The fraction of sp³-hybridized carbons (Fsp3) is 0.692. The average molecular weight is 428 g/mol. The molecule has 1 rings (SSSR count). The number of rotatable bonds is 9. The first kappa shape index (κ1) is 20.6. The van der Waals surface area contributed by atoms with E-state index in [2.05, 4.69) is 27.5 Å². The van der Waals surface area contributed by atoms with Gasteiger partial charge in [0.2, 0.25) is 0 Å². The number of nitrogens with zero attached hydrogens (tertiary/aromatic N) is 2. The third-order valence-electron chi connectivity index (χ3n) is 2.49. The molecule has 0 unspecified atom stereocenters. The molecule has 0 bridgehead atoms. The third-order valence-corrected chi connectivity index (χ3v) is 3.47. The molecule has 0 amide bonds. The summed E-state index contributed by atoms with van der Waals surface area (Å²) in [5.41, 5.74) is 0. The van der Waals surface area contributed by atoms with Gasteiger partial charge in [0, 0.05) is 44.7 Å². The smallest absolute Gasteiger partial charge is 0.191 e. The number of hydrogen-bond donors (Lipinski definition) is 2. The molecule has 1 aromatic heterocycles. The highest BCUT2D eigenvalue weighted by Gasteiger charge is 2.00. The van der Waals surface area contributed by atoms with Crippen LogP contribution in [0.5, 0.6) is 0 Å². The van der Waals surface area contributed by atoms with Crippen molar-refractivity contribution in [2.45, 2.75) is 13.3 Å². The van der Waals surface area contributed by atoms with Crippen LogP contribution in [-0.4, -0.2) is 58.0 Å². The van der Waals surface area contributed by atoms with E-state index < -0.39 is 0 Å². The number of thiazole rings is 1. The minimum Gasteiger partial charge on any atom is -0.382 e. The zero-order chi connectivity index (χ0) is 14.6. The average Bonchev–Trinajstić information content (AvgIpc) is 2.86. The van der Waals surface area contributed by atoms with Gasteiger partial charge in [-0.1, -0.05) is 0 Å². The van der Waals surface area contributed by atoms with Gasteiger partial charge in [0.1, 0.15) is 0 Å². The summed E-state index contributed by atoms with van der Waals surface area (Å²) in [4.78, 5) is 9.73. The summed E-state index contributed by atoms with van der Waals surface area (Å²) in [6.07, 6.45) is 2.81. The first-order chi connectivity index (χ1) is 9.76. The normalized spacial score (nSPS) is 11.1. The number of ether oxygens (including phenoxy) is 2. The van der Waals surface area contributed by atoms with Crippen LogP contribution in [0.2, 0.25) is 0 Å². The van der Waals surface area contributed by atoms with Crippen molar-refractivity contribution in [2.24, 2.45) is 4.99 Å². The number of methoxy groups -OCH3 is 1. The van der Waals surface area contributed by atoms with E-state index >= 15 is 0 Å². The monoisotopic (exact) mass is 428 g/mol. The van der Waals surface area contributed by atoms with Gasteiger partial charge in [-0.25, -0.2) is 4.98 Å². The van der Waals surface area contributed by atoms with Crippen molar-refractivity contribution in [1.82, 2.24) is 15.6 Å². The lowest BCUT2D eigenvalue weighted by Gasteiger charge is -2.11. The molecule has 2 N–H and O–H groups in total. The third kappa shape index (κ3) is 9.99. The maximum atomic E-state index is 5.37. The van der Waals surface area contributed by atoms with E-state index in [1.807, 2.05) is 6.20 Å². The lowest BCUT2D eigenvalue weighted by Crippen LogP contribution is -2.39. The van der Waals surface area contributed by atoms with Crippen LogP contribution in [0.4, 0.5) is 0 Å². The standard InChI is InChI=1S/C13H24N4O2S.HI/c1-11-10-17-12(20-11)4-5-15-13(14-2)16-6-7-19-9-8-18-3;/h10H,4-9H2,1-3H3,(H2,14,15,16);1H. The largest absolute Gasteiger partial charge is 0.382 e. The van der Waals surface area contributed by atoms with E-state index in [4.69, 9.17) is 9.47 Å². The van der Waals surface area contributed by atoms with Gasteiger partial charge < -0.3 is 20.1 Å². The molecule has 8 heteroatoms. The predicted molar refractivity (Wildman–Crippen MR) is 98.0 cm³/mol. The molecule has 0 radical (unpaired) electrons. The molecule has 0 atom stereocenters. The molecule has 1 heterocycles. The molecule has 0 saturated carbocycles. The second kappa shape index (κ2) is 13.2. The van der Waals surface area contributed by atoms with Crippen LogP contribution in [0.3, 0.4) is 0 Å². The highest BCUT2D eigenvalue weighted by molar-refractivity contribution is 14.0. The highest BCUT2D eigenvalue weighted by atomic mass is 127.